The summed E-state index contributed by atoms with van der Waals surface area (Å²) >= 11 is 1.46. The minimum Gasteiger partial charge on any atom is -0.481 e. The van der Waals surface area contributed by atoms with Crippen LogP contribution in [-0.2, 0) is 16.1 Å². The first-order valence-electron chi connectivity index (χ1n) is 7.19. The van der Waals surface area contributed by atoms with Crippen molar-refractivity contribution in [2.24, 2.45) is 0 Å². The molecule has 0 bridgehead atoms. The molecule has 0 saturated carbocycles. The number of carboxylic acids is 1. The maximum Gasteiger partial charge on any atom is 0.304 e. The second kappa shape index (κ2) is 7.00. The first-order valence-corrected chi connectivity index (χ1v) is 8.07. The Balaban J connectivity index is 2.01. The van der Waals surface area contributed by atoms with Crippen molar-refractivity contribution >= 4 is 28.3 Å². The molecule has 6 nitrogen and oxygen atoms in total. The van der Waals surface area contributed by atoms with E-state index < -0.39 is 5.97 Å². The second-order valence-electron chi connectivity index (χ2n) is 5.25. The fourth-order valence-corrected chi connectivity index (χ4v) is 3.65. The van der Waals surface area contributed by atoms with Crippen molar-refractivity contribution in [2.45, 2.75) is 45.7 Å². The van der Waals surface area contributed by atoms with E-state index in [0.717, 1.165) is 25.1 Å². The van der Waals surface area contributed by atoms with Gasteiger partial charge in [0.15, 0.2) is 5.13 Å². The summed E-state index contributed by atoms with van der Waals surface area (Å²) < 4.78 is 0. The molecule has 1 N–H and O–H groups in total. The predicted octanol–water partition coefficient (Wildman–Crippen LogP) is 1.95. The van der Waals surface area contributed by atoms with Crippen LogP contribution in [0.5, 0.6) is 0 Å². The molecule has 21 heavy (non-hydrogen) atoms. The van der Waals surface area contributed by atoms with Gasteiger partial charge in [0.2, 0.25) is 5.91 Å². The molecule has 1 aliphatic heterocycles. The monoisotopic (exact) mass is 311 g/mol. The molecule has 0 aromatic carbocycles. The number of aliphatic carboxylic acids is 1. The second-order valence-corrected chi connectivity index (χ2v) is 6.09. The van der Waals surface area contributed by atoms with Gasteiger partial charge in [-0.1, -0.05) is 0 Å². The summed E-state index contributed by atoms with van der Waals surface area (Å²) in [7, 11) is 0. The largest absolute Gasteiger partial charge is 0.481 e. The number of carbonyl (C=O) groups is 2. The van der Waals surface area contributed by atoms with Crippen molar-refractivity contribution < 1.29 is 14.7 Å². The molecule has 7 heteroatoms. The van der Waals surface area contributed by atoms with Crippen LogP contribution in [0.4, 0.5) is 5.13 Å². The number of carboxylic acid groups (broad SMARTS) is 1. The van der Waals surface area contributed by atoms with Crippen molar-refractivity contribution in [3.05, 3.63) is 11.1 Å². The number of carbonyl (C=O) groups excluding carboxylic acids is 1. The van der Waals surface area contributed by atoms with E-state index in [0.29, 0.717) is 18.2 Å². The summed E-state index contributed by atoms with van der Waals surface area (Å²) in [6, 6.07) is 0.0998. The van der Waals surface area contributed by atoms with Crippen LogP contribution in [-0.4, -0.2) is 46.0 Å². The molecule has 2 heterocycles. The number of aromatic nitrogens is 1. The number of anilines is 1. The molecule has 1 atom stereocenters. The normalized spacial score (nSPS) is 18.9. The number of hydrogen-bond donors (Lipinski definition) is 1. The molecule has 0 spiro atoms. The third-order valence-electron chi connectivity index (χ3n) is 3.74. The highest BCUT2D eigenvalue weighted by molar-refractivity contribution is 7.14. The van der Waals surface area contributed by atoms with E-state index >= 15 is 0 Å². The molecule has 116 valence electrons. The molecule has 1 amide bonds. The van der Waals surface area contributed by atoms with Gasteiger partial charge in [0.25, 0.3) is 0 Å². The van der Waals surface area contributed by atoms with E-state index in [2.05, 4.69) is 9.88 Å². The number of likely N-dealkylation sites (tertiary alicyclic amines) is 1. The number of amides is 1. The van der Waals surface area contributed by atoms with Crippen molar-refractivity contribution in [2.75, 3.05) is 18.0 Å². The van der Waals surface area contributed by atoms with E-state index in [1.165, 1.54) is 18.3 Å². The molecule has 1 fully saturated rings. The zero-order valence-electron chi connectivity index (χ0n) is 12.4. The first kappa shape index (κ1) is 15.9. The Morgan fingerprint density at radius 3 is 2.95 bits per heavy atom. The lowest BCUT2D eigenvalue weighted by molar-refractivity contribution is -0.138. The zero-order valence-corrected chi connectivity index (χ0v) is 13.2. The zero-order chi connectivity index (χ0) is 15.4. The Hall–Kier alpha value is -1.47. The van der Waals surface area contributed by atoms with Gasteiger partial charge in [-0.2, -0.15) is 0 Å². The molecule has 1 aromatic rings. The average Bonchev–Trinajstić information content (AvgIpc) is 3.01. The summed E-state index contributed by atoms with van der Waals surface area (Å²) in [6.45, 7) is 5.63. The molecule has 2 rings (SSSR count). The fraction of sp³-hybridized carbons (Fsp3) is 0.643. The summed E-state index contributed by atoms with van der Waals surface area (Å²) in [6.07, 6.45) is 2.15. The summed E-state index contributed by atoms with van der Waals surface area (Å²) in [5, 5.41) is 11.6. The number of hydrogen-bond acceptors (Lipinski definition) is 5. The third-order valence-corrected chi connectivity index (χ3v) is 4.65. The van der Waals surface area contributed by atoms with Gasteiger partial charge in [-0.25, -0.2) is 4.98 Å². The smallest absolute Gasteiger partial charge is 0.304 e. The van der Waals surface area contributed by atoms with Gasteiger partial charge in [-0.15, -0.1) is 11.3 Å². The van der Waals surface area contributed by atoms with E-state index in [1.54, 1.807) is 4.90 Å². The Labute approximate surface area is 128 Å². The van der Waals surface area contributed by atoms with Crippen molar-refractivity contribution in [3.8, 4) is 0 Å². The minimum absolute atomic E-state index is 0.0108. The topological polar surface area (TPSA) is 73.7 Å². The number of thiazole rings is 1. The van der Waals surface area contributed by atoms with Crippen molar-refractivity contribution in [3.63, 3.8) is 0 Å². The van der Waals surface area contributed by atoms with Crippen LogP contribution in [0.1, 0.15) is 38.8 Å². The quantitative estimate of drug-likeness (QED) is 0.869. The van der Waals surface area contributed by atoms with Crippen LogP contribution in [0.15, 0.2) is 5.38 Å². The minimum atomic E-state index is -0.750. The van der Waals surface area contributed by atoms with Gasteiger partial charge in [0.1, 0.15) is 0 Å². The highest BCUT2D eigenvalue weighted by Crippen LogP contribution is 2.25. The van der Waals surface area contributed by atoms with E-state index in [-0.39, 0.29) is 18.4 Å². The number of nitrogens with zero attached hydrogens (tertiary/aromatic N) is 3. The predicted molar refractivity (Wildman–Crippen MR) is 81.5 cm³/mol. The lowest BCUT2D eigenvalue weighted by Gasteiger charge is -2.22. The third kappa shape index (κ3) is 4.01. The van der Waals surface area contributed by atoms with Gasteiger partial charge in [-0.05, 0) is 26.3 Å². The summed E-state index contributed by atoms with van der Waals surface area (Å²) in [5.74, 6) is -0.761. The van der Waals surface area contributed by atoms with Crippen LogP contribution < -0.4 is 4.90 Å². The lowest BCUT2D eigenvalue weighted by atomic mass is 10.1. The molecule has 0 radical (unpaired) electrons. The molecular formula is C14H21N3O3S. The Bertz CT molecular complexity index is 517. The molecular weight excluding hydrogens is 290 g/mol. The van der Waals surface area contributed by atoms with Crippen LogP contribution in [0.25, 0.3) is 0 Å². The maximum atomic E-state index is 11.5. The maximum absolute atomic E-state index is 11.5. The standard InChI is InChI=1S/C14H21N3O3S/c1-3-17(10(2)18)14-15-11(9-21-14)8-16-6-4-5-12(16)7-13(19)20/h9,12H,3-8H2,1-2H3,(H,19,20). The van der Waals surface area contributed by atoms with E-state index in [9.17, 15) is 9.59 Å². The van der Waals surface area contributed by atoms with Crippen LogP contribution in [0.2, 0.25) is 0 Å². The van der Waals surface area contributed by atoms with Crippen LogP contribution in [0.3, 0.4) is 0 Å². The van der Waals surface area contributed by atoms with Gasteiger partial charge in [-0.3, -0.25) is 19.4 Å². The first-order chi connectivity index (χ1) is 10.0. The van der Waals surface area contributed by atoms with Gasteiger partial charge in [0, 0.05) is 31.4 Å². The highest BCUT2D eigenvalue weighted by atomic mass is 32.1. The fourth-order valence-electron chi connectivity index (χ4n) is 2.73. The molecule has 1 aromatic heterocycles. The molecule has 1 unspecified atom stereocenters. The molecule has 1 saturated heterocycles. The van der Waals surface area contributed by atoms with E-state index in [1.807, 2.05) is 12.3 Å². The van der Waals surface area contributed by atoms with Crippen molar-refractivity contribution in [1.29, 1.82) is 0 Å². The Morgan fingerprint density at radius 2 is 2.33 bits per heavy atom. The summed E-state index contributed by atoms with van der Waals surface area (Å²) in [4.78, 5) is 30.7. The summed E-state index contributed by atoms with van der Waals surface area (Å²) in [5.41, 5.74) is 0.909. The Morgan fingerprint density at radius 1 is 1.57 bits per heavy atom. The lowest BCUT2D eigenvalue weighted by Crippen LogP contribution is -2.31. The van der Waals surface area contributed by atoms with E-state index in [4.69, 9.17) is 5.11 Å². The van der Waals surface area contributed by atoms with Gasteiger partial charge in [0.05, 0.1) is 12.1 Å². The Kier molecular flexibility index (Phi) is 5.30. The van der Waals surface area contributed by atoms with Crippen LogP contribution >= 0.6 is 11.3 Å². The van der Waals surface area contributed by atoms with Crippen molar-refractivity contribution in [1.82, 2.24) is 9.88 Å². The van der Waals surface area contributed by atoms with Crippen LogP contribution in [0, 0.1) is 0 Å². The highest BCUT2D eigenvalue weighted by Gasteiger charge is 2.27. The SMILES string of the molecule is CCN(C(C)=O)c1nc(CN2CCCC2CC(=O)O)cs1. The molecule has 1 aliphatic rings. The average molecular weight is 311 g/mol. The number of rotatable bonds is 6. The molecule has 0 aliphatic carbocycles. The van der Waals surface area contributed by atoms with Gasteiger partial charge < -0.3 is 5.11 Å². The van der Waals surface area contributed by atoms with Gasteiger partial charge >= 0.3 is 5.97 Å².